The Balaban J connectivity index is 1.97. The topological polar surface area (TPSA) is 75.5 Å². The van der Waals surface area contributed by atoms with Crippen LogP contribution in [0.25, 0.3) is 0 Å². The number of nitro groups is 1. The second-order valence-electron chi connectivity index (χ2n) is 5.28. The molecule has 1 aromatic rings. The van der Waals surface area contributed by atoms with Crippen molar-refractivity contribution in [3.8, 4) is 0 Å². The number of carbonyl (C=O) groups excluding carboxylic acids is 1. The largest absolute Gasteiger partial charge is 0.324 e. The van der Waals surface area contributed by atoms with Crippen LogP contribution < -0.4 is 5.32 Å². The SMILES string of the molecule is C[C@@H]1CCCCN1CC(=O)Nc1ccc([N+](=O)[O-])cc1Br. The van der Waals surface area contributed by atoms with E-state index in [0.717, 1.165) is 19.4 Å². The van der Waals surface area contributed by atoms with Gasteiger partial charge in [-0.3, -0.25) is 19.8 Å². The summed E-state index contributed by atoms with van der Waals surface area (Å²) in [6.07, 6.45) is 3.46. The van der Waals surface area contributed by atoms with Crippen molar-refractivity contribution in [3.63, 3.8) is 0 Å². The molecule has 21 heavy (non-hydrogen) atoms. The van der Waals surface area contributed by atoms with Gasteiger partial charge in [-0.05, 0) is 48.3 Å². The van der Waals surface area contributed by atoms with Crippen molar-refractivity contribution in [2.45, 2.75) is 32.2 Å². The van der Waals surface area contributed by atoms with Gasteiger partial charge in [0, 0.05) is 22.6 Å². The summed E-state index contributed by atoms with van der Waals surface area (Å²) in [5.74, 6) is -0.0988. The zero-order valence-corrected chi connectivity index (χ0v) is 13.4. The number of non-ortho nitro benzene ring substituents is 1. The lowest BCUT2D eigenvalue weighted by Gasteiger charge is -2.32. The summed E-state index contributed by atoms with van der Waals surface area (Å²) in [6.45, 7) is 3.43. The standard InChI is InChI=1S/C14H18BrN3O3/c1-10-4-2-3-7-17(10)9-14(19)16-13-6-5-11(18(20)21)8-12(13)15/h5-6,8,10H,2-4,7,9H2,1H3,(H,16,19)/t10-/m1/s1. The van der Waals surface area contributed by atoms with E-state index in [-0.39, 0.29) is 11.6 Å². The van der Waals surface area contributed by atoms with Crippen LogP contribution in [0.3, 0.4) is 0 Å². The van der Waals surface area contributed by atoms with Crippen molar-refractivity contribution in [1.82, 2.24) is 4.90 Å². The van der Waals surface area contributed by atoms with Crippen LogP contribution in [0, 0.1) is 10.1 Å². The van der Waals surface area contributed by atoms with Gasteiger partial charge in [-0.15, -0.1) is 0 Å². The lowest BCUT2D eigenvalue weighted by Crippen LogP contribution is -2.42. The minimum Gasteiger partial charge on any atom is -0.324 e. The lowest BCUT2D eigenvalue weighted by molar-refractivity contribution is -0.384. The Kier molecular flexibility index (Phi) is 5.30. The average molecular weight is 356 g/mol. The minimum atomic E-state index is -0.466. The molecule has 1 atom stereocenters. The first-order chi connectivity index (χ1) is 9.97. The van der Waals surface area contributed by atoms with Crippen LogP contribution in [0.15, 0.2) is 22.7 Å². The van der Waals surface area contributed by atoms with Crippen molar-refractivity contribution >= 4 is 33.2 Å². The number of carbonyl (C=O) groups is 1. The van der Waals surface area contributed by atoms with E-state index in [0.29, 0.717) is 22.7 Å². The van der Waals surface area contributed by atoms with Gasteiger partial charge in [-0.2, -0.15) is 0 Å². The number of benzene rings is 1. The molecule has 1 saturated heterocycles. The Morgan fingerprint density at radius 2 is 2.29 bits per heavy atom. The summed E-state index contributed by atoms with van der Waals surface area (Å²) < 4.78 is 0.511. The maximum atomic E-state index is 12.1. The number of likely N-dealkylation sites (tertiary alicyclic amines) is 1. The molecular formula is C14H18BrN3O3. The molecule has 7 heteroatoms. The molecule has 0 bridgehead atoms. The summed E-state index contributed by atoms with van der Waals surface area (Å²) in [4.78, 5) is 24.5. The third-order valence-corrected chi connectivity index (χ3v) is 4.38. The zero-order chi connectivity index (χ0) is 15.4. The third-order valence-electron chi connectivity index (χ3n) is 3.72. The van der Waals surface area contributed by atoms with Crippen LogP contribution in [0.1, 0.15) is 26.2 Å². The van der Waals surface area contributed by atoms with Crippen molar-refractivity contribution in [3.05, 3.63) is 32.8 Å². The number of amides is 1. The second kappa shape index (κ2) is 7.00. The quantitative estimate of drug-likeness (QED) is 0.664. The first kappa shape index (κ1) is 15.9. The smallest absolute Gasteiger partial charge is 0.270 e. The first-order valence-corrected chi connectivity index (χ1v) is 7.74. The molecule has 1 heterocycles. The van der Waals surface area contributed by atoms with Crippen molar-refractivity contribution in [2.24, 2.45) is 0 Å². The molecule has 1 amide bonds. The fourth-order valence-corrected chi connectivity index (χ4v) is 2.95. The van der Waals surface area contributed by atoms with E-state index in [1.165, 1.54) is 18.6 Å². The maximum Gasteiger partial charge on any atom is 0.270 e. The van der Waals surface area contributed by atoms with E-state index in [4.69, 9.17) is 0 Å². The number of nitrogens with one attached hydrogen (secondary N) is 1. The van der Waals surface area contributed by atoms with Crippen LogP contribution in [0.2, 0.25) is 0 Å². The number of hydrogen-bond acceptors (Lipinski definition) is 4. The second-order valence-corrected chi connectivity index (χ2v) is 6.14. The number of piperidine rings is 1. The van der Waals surface area contributed by atoms with Gasteiger partial charge in [0.25, 0.3) is 5.69 Å². The van der Waals surface area contributed by atoms with Crippen LogP contribution >= 0.6 is 15.9 Å². The monoisotopic (exact) mass is 355 g/mol. The fourth-order valence-electron chi connectivity index (χ4n) is 2.49. The molecule has 0 aliphatic carbocycles. The summed E-state index contributed by atoms with van der Waals surface area (Å²) in [5.41, 5.74) is 0.541. The van der Waals surface area contributed by atoms with Gasteiger partial charge in [0.15, 0.2) is 0 Å². The minimum absolute atomic E-state index is 0.00970. The third kappa shape index (κ3) is 4.25. The highest BCUT2D eigenvalue weighted by molar-refractivity contribution is 9.10. The van der Waals surface area contributed by atoms with Crippen LogP contribution in [0.4, 0.5) is 11.4 Å². The molecule has 114 valence electrons. The highest BCUT2D eigenvalue weighted by atomic mass is 79.9. The van der Waals surface area contributed by atoms with Crippen LogP contribution in [-0.2, 0) is 4.79 Å². The van der Waals surface area contributed by atoms with Gasteiger partial charge >= 0.3 is 0 Å². The molecule has 1 fully saturated rings. The van der Waals surface area contributed by atoms with Crippen molar-refractivity contribution in [2.75, 3.05) is 18.4 Å². The Morgan fingerprint density at radius 3 is 2.90 bits per heavy atom. The van der Waals surface area contributed by atoms with Crippen LogP contribution in [-0.4, -0.2) is 34.9 Å². The highest BCUT2D eigenvalue weighted by Gasteiger charge is 2.21. The van der Waals surface area contributed by atoms with Gasteiger partial charge in [0.05, 0.1) is 17.2 Å². The van der Waals surface area contributed by atoms with E-state index in [2.05, 4.69) is 33.1 Å². The molecule has 1 aliphatic heterocycles. The Bertz CT molecular complexity index is 550. The number of rotatable bonds is 4. The molecule has 0 saturated carbocycles. The van der Waals surface area contributed by atoms with E-state index in [1.54, 1.807) is 6.07 Å². The molecule has 6 nitrogen and oxygen atoms in total. The number of nitro benzene ring substituents is 1. The molecule has 0 aromatic heterocycles. The van der Waals surface area contributed by atoms with E-state index in [9.17, 15) is 14.9 Å². The Morgan fingerprint density at radius 1 is 1.52 bits per heavy atom. The maximum absolute atomic E-state index is 12.1. The normalized spacial score (nSPS) is 19.2. The molecule has 0 radical (unpaired) electrons. The molecule has 0 unspecified atom stereocenters. The fraction of sp³-hybridized carbons (Fsp3) is 0.500. The van der Waals surface area contributed by atoms with Gasteiger partial charge in [0.2, 0.25) is 5.91 Å². The number of anilines is 1. The number of hydrogen-bond donors (Lipinski definition) is 1. The lowest BCUT2D eigenvalue weighted by atomic mass is 10.0. The predicted molar refractivity (Wildman–Crippen MR) is 84.3 cm³/mol. The average Bonchev–Trinajstić information content (AvgIpc) is 2.43. The highest BCUT2D eigenvalue weighted by Crippen LogP contribution is 2.27. The van der Waals surface area contributed by atoms with Gasteiger partial charge < -0.3 is 5.32 Å². The van der Waals surface area contributed by atoms with E-state index in [1.807, 2.05) is 0 Å². The number of nitrogens with zero attached hydrogens (tertiary/aromatic N) is 2. The molecular weight excluding hydrogens is 338 g/mol. The van der Waals surface area contributed by atoms with E-state index >= 15 is 0 Å². The first-order valence-electron chi connectivity index (χ1n) is 6.95. The summed E-state index contributed by atoms with van der Waals surface area (Å²) in [7, 11) is 0. The van der Waals surface area contributed by atoms with Crippen molar-refractivity contribution < 1.29 is 9.72 Å². The van der Waals surface area contributed by atoms with E-state index < -0.39 is 4.92 Å². The summed E-state index contributed by atoms with van der Waals surface area (Å²) >= 11 is 3.25. The summed E-state index contributed by atoms with van der Waals surface area (Å²) in [6, 6.07) is 4.73. The molecule has 0 spiro atoms. The molecule has 2 rings (SSSR count). The van der Waals surface area contributed by atoms with Gasteiger partial charge in [-0.25, -0.2) is 0 Å². The summed E-state index contributed by atoms with van der Waals surface area (Å²) in [5, 5.41) is 13.5. The van der Waals surface area contributed by atoms with Crippen molar-refractivity contribution in [1.29, 1.82) is 0 Å². The zero-order valence-electron chi connectivity index (χ0n) is 11.8. The van der Waals surface area contributed by atoms with Gasteiger partial charge in [0.1, 0.15) is 0 Å². The predicted octanol–water partition coefficient (Wildman–Crippen LogP) is 3.17. The van der Waals surface area contributed by atoms with Crippen LogP contribution in [0.5, 0.6) is 0 Å². The number of halogens is 1. The molecule has 1 aliphatic rings. The molecule has 1 aromatic carbocycles. The van der Waals surface area contributed by atoms with Gasteiger partial charge in [-0.1, -0.05) is 6.42 Å². The Hall–Kier alpha value is -1.47. The molecule has 1 N–H and O–H groups in total. The Labute approximate surface area is 131 Å².